The number of aryl methyl sites for hydroxylation is 1. The van der Waals surface area contributed by atoms with Crippen molar-refractivity contribution in [2.45, 2.75) is 46.2 Å². The Morgan fingerprint density at radius 1 is 1.04 bits per heavy atom. The molecule has 1 heterocycles. The number of aliphatic hydroxyl groups excluding tert-OH is 1. The van der Waals surface area contributed by atoms with Crippen LogP contribution in [-0.2, 0) is 22.6 Å². The molecular weight excluding hydrogens is 350 g/mol. The molecule has 0 radical (unpaired) electrons. The molecule has 0 bridgehead atoms. The van der Waals surface area contributed by atoms with E-state index in [1.54, 1.807) is 4.90 Å². The van der Waals surface area contributed by atoms with Gasteiger partial charge in [-0.05, 0) is 29.0 Å². The highest BCUT2D eigenvalue weighted by molar-refractivity contribution is 6.09. The Hall–Kier alpha value is -2.88. The lowest BCUT2D eigenvalue weighted by Gasteiger charge is -2.27. The predicted octanol–water partition coefficient (Wildman–Crippen LogP) is 4.76. The van der Waals surface area contributed by atoms with E-state index >= 15 is 0 Å². The van der Waals surface area contributed by atoms with Gasteiger partial charge < -0.3 is 10.0 Å². The van der Waals surface area contributed by atoms with Crippen LogP contribution in [0, 0.1) is 5.92 Å². The van der Waals surface area contributed by atoms with Gasteiger partial charge in [-0.15, -0.1) is 0 Å². The number of carbonyl (C=O) groups excluding carboxylic acids is 2. The maximum absolute atomic E-state index is 12.9. The van der Waals surface area contributed by atoms with Gasteiger partial charge in [0.15, 0.2) is 11.5 Å². The van der Waals surface area contributed by atoms with E-state index in [0.29, 0.717) is 13.0 Å². The highest BCUT2D eigenvalue weighted by Crippen LogP contribution is 2.39. The minimum absolute atomic E-state index is 0.147. The van der Waals surface area contributed by atoms with Crippen molar-refractivity contribution in [1.82, 2.24) is 4.90 Å². The molecule has 0 fully saturated rings. The van der Waals surface area contributed by atoms with Gasteiger partial charge in [-0.25, -0.2) is 0 Å². The van der Waals surface area contributed by atoms with Crippen molar-refractivity contribution in [2.75, 3.05) is 0 Å². The Morgan fingerprint density at radius 3 is 2.25 bits per heavy atom. The van der Waals surface area contributed by atoms with Crippen LogP contribution >= 0.6 is 0 Å². The van der Waals surface area contributed by atoms with Crippen molar-refractivity contribution in [3.05, 3.63) is 82.6 Å². The molecule has 2 aromatic rings. The molecule has 1 unspecified atom stereocenters. The van der Waals surface area contributed by atoms with Crippen molar-refractivity contribution in [3.63, 3.8) is 0 Å². The molecule has 3 rings (SSSR count). The fourth-order valence-corrected chi connectivity index (χ4v) is 3.64. The molecule has 146 valence electrons. The first-order valence-corrected chi connectivity index (χ1v) is 9.82. The van der Waals surface area contributed by atoms with E-state index in [1.807, 2.05) is 68.4 Å². The summed E-state index contributed by atoms with van der Waals surface area (Å²) in [5.41, 5.74) is 3.21. The van der Waals surface area contributed by atoms with Gasteiger partial charge in [0.25, 0.3) is 5.91 Å². The summed E-state index contributed by atoms with van der Waals surface area (Å²) in [5.74, 6) is -0.915. The SMILES string of the molecule is CCc1ccc(C2C(C(=O)CC(C)C)=C(O)C(=O)N2Cc2ccccc2)cc1. The zero-order valence-electron chi connectivity index (χ0n) is 16.7. The molecule has 4 nitrogen and oxygen atoms in total. The largest absolute Gasteiger partial charge is 0.503 e. The van der Waals surface area contributed by atoms with Crippen LogP contribution in [0.3, 0.4) is 0 Å². The fraction of sp³-hybridized carbons (Fsp3) is 0.333. The second-order valence-corrected chi connectivity index (χ2v) is 7.70. The van der Waals surface area contributed by atoms with Crippen LogP contribution in [0.1, 0.15) is 49.9 Å². The first-order valence-electron chi connectivity index (χ1n) is 9.82. The number of rotatable bonds is 7. The van der Waals surface area contributed by atoms with Crippen LogP contribution < -0.4 is 0 Å². The fourth-order valence-electron chi connectivity index (χ4n) is 3.64. The van der Waals surface area contributed by atoms with Gasteiger partial charge >= 0.3 is 0 Å². The monoisotopic (exact) mass is 377 g/mol. The van der Waals surface area contributed by atoms with E-state index in [4.69, 9.17) is 0 Å². The Bertz CT molecular complexity index is 882. The van der Waals surface area contributed by atoms with Crippen LogP contribution in [0.5, 0.6) is 0 Å². The summed E-state index contributed by atoms with van der Waals surface area (Å²) in [6.45, 7) is 6.33. The average molecular weight is 377 g/mol. The van der Waals surface area contributed by atoms with Crippen LogP contribution in [0.15, 0.2) is 65.9 Å². The molecule has 28 heavy (non-hydrogen) atoms. The molecule has 2 aromatic carbocycles. The van der Waals surface area contributed by atoms with E-state index in [9.17, 15) is 14.7 Å². The van der Waals surface area contributed by atoms with Gasteiger partial charge in [-0.3, -0.25) is 9.59 Å². The van der Waals surface area contributed by atoms with E-state index in [-0.39, 0.29) is 17.3 Å². The molecule has 0 saturated heterocycles. The lowest BCUT2D eigenvalue weighted by Crippen LogP contribution is -2.30. The number of ketones is 1. The summed E-state index contributed by atoms with van der Waals surface area (Å²) in [6.07, 6.45) is 1.22. The number of nitrogens with zero attached hydrogens (tertiary/aromatic N) is 1. The zero-order valence-corrected chi connectivity index (χ0v) is 16.7. The second-order valence-electron chi connectivity index (χ2n) is 7.70. The molecule has 0 aromatic heterocycles. The topological polar surface area (TPSA) is 57.6 Å². The van der Waals surface area contributed by atoms with E-state index in [2.05, 4.69) is 6.92 Å². The average Bonchev–Trinajstić information content (AvgIpc) is 2.93. The maximum atomic E-state index is 12.9. The van der Waals surface area contributed by atoms with E-state index in [1.165, 1.54) is 5.56 Å². The quantitative estimate of drug-likeness (QED) is 0.757. The first-order chi connectivity index (χ1) is 13.4. The normalized spacial score (nSPS) is 16.9. The highest BCUT2D eigenvalue weighted by Gasteiger charge is 2.43. The molecule has 0 saturated carbocycles. The summed E-state index contributed by atoms with van der Waals surface area (Å²) in [4.78, 5) is 27.4. The lowest BCUT2D eigenvalue weighted by atomic mass is 9.91. The lowest BCUT2D eigenvalue weighted by molar-refractivity contribution is -0.130. The van der Waals surface area contributed by atoms with Gasteiger partial charge in [0, 0.05) is 13.0 Å². The predicted molar refractivity (Wildman–Crippen MR) is 110 cm³/mol. The summed E-state index contributed by atoms with van der Waals surface area (Å²) in [7, 11) is 0. The Kier molecular flexibility index (Phi) is 5.98. The summed E-state index contributed by atoms with van der Waals surface area (Å²) in [5, 5.41) is 10.6. The third-order valence-electron chi connectivity index (χ3n) is 5.10. The van der Waals surface area contributed by atoms with Crippen LogP contribution in [0.4, 0.5) is 0 Å². The Labute approximate surface area is 166 Å². The minimum atomic E-state index is -0.565. The molecular formula is C24H27NO3. The molecule has 4 heteroatoms. The number of aliphatic hydroxyl groups is 1. The van der Waals surface area contributed by atoms with Gasteiger partial charge in [0.2, 0.25) is 0 Å². The minimum Gasteiger partial charge on any atom is -0.503 e. The molecule has 1 N–H and O–H groups in total. The second kappa shape index (κ2) is 8.42. The van der Waals surface area contributed by atoms with Crippen LogP contribution in [0.2, 0.25) is 0 Å². The molecule has 1 atom stereocenters. The van der Waals surface area contributed by atoms with Crippen molar-refractivity contribution < 1.29 is 14.7 Å². The van der Waals surface area contributed by atoms with Crippen molar-refractivity contribution >= 4 is 11.7 Å². The third-order valence-corrected chi connectivity index (χ3v) is 5.10. The molecule has 1 aliphatic heterocycles. The summed E-state index contributed by atoms with van der Waals surface area (Å²) >= 11 is 0. The number of benzene rings is 2. The third kappa shape index (κ3) is 4.01. The van der Waals surface area contributed by atoms with Gasteiger partial charge in [-0.1, -0.05) is 75.4 Å². The number of hydrogen-bond donors (Lipinski definition) is 1. The standard InChI is InChI=1S/C24H27NO3/c1-4-17-10-12-19(13-11-17)22-21(20(26)14-16(2)3)23(27)24(28)25(22)15-18-8-6-5-7-9-18/h5-13,16,22,27H,4,14-15H2,1-3H3. The number of amides is 1. The molecule has 1 aliphatic rings. The zero-order chi connectivity index (χ0) is 20.3. The van der Waals surface area contributed by atoms with Gasteiger partial charge in [0.05, 0.1) is 11.6 Å². The summed E-state index contributed by atoms with van der Waals surface area (Å²) in [6, 6.07) is 17.0. The first kappa shape index (κ1) is 19.9. The number of hydrogen-bond acceptors (Lipinski definition) is 3. The maximum Gasteiger partial charge on any atom is 0.290 e. The summed E-state index contributed by atoms with van der Waals surface area (Å²) < 4.78 is 0. The van der Waals surface area contributed by atoms with Crippen molar-refractivity contribution in [3.8, 4) is 0 Å². The molecule has 0 aliphatic carbocycles. The van der Waals surface area contributed by atoms with Crippen LogP contribution in [0.25, 0.3) is 0 Å². The molecule has 1 amide bonds. The Morgan fingerprint density at radius 2 is 1.68 bits per heavy atom. The number of Topliss-reactive ketones (excluding diaryl/α,β-unsaturated/α-hetero) is 1. The Balaban J connectivity index is 2.03. The smallest absolute Gasteiger partial charge is 0.290 e. The van der Waals surface area contributed by atoms with Crippen molar-refractivity contribution in [1.29, 1.82) is 0 Å². The highest BCUT2D eigenvalue weighted by atomic mass is 16.3. The van der Waals surface area contributed by atoms with E-state index in [0.717, 1.165) is 17.5 Å². The molecule has 0 spiro atoms. The van der Waals surface area contributed by atoms with Crippen LogP contribution in [-0.4, -0.2) is 21.7 Å². The number of carbonyl (C=O) groups is 2. The van der Waals surface area contributed by atoms with E-state index < -0.39 is 17.7 Å². The van der Waals surface area contributed by atoms with Gasteiger partial charge in [-0.2, -0.15) is 0 Å². The van der Waals surface area contributed by atoms with Crippen molar-refractivity contribution in [2.24, 2.45) is 5.92 Å². The van der Waals surface area contributed by atoms with Gasteiger partial charge in [0.1, 0.15) is 0 Å².